The monoisotopic (exact) mass is 367 g/mol. The van der Waals surface area contributed by atoms with E-state index in [1.807, 2.05) is 37.3 Å². The zero-order valence-corrected chi connectivity index (χ0v) is 15.7. The van der Waals surface area contributed by atoms with Gasteiger partial charge >= 0.3 is 0 Å². The Bertz CT molecular complexity index is 773. The van der Waals surface area contributed by atoms with Crippen LogP contribution in [0.1, 0.15) is 43.7 Å². The second kappa shape index (κ2) is 8.94. The largest absolute Gasteiger partial charge is 0.279 e. The van der Waals surface area contributed by atoms with Crippen molar-refractivity contribution in [3.05, 3.63) is 71.5 Å². The van der Waals surface area contributed by atoms with E-state index in [9.17, 15) is 14.0 Å². The molecule has 1 aliphatic rings. The van der Waals surface area contributed by atoms with Crippen molar-refractivity contribution in [2.24, 2.45) is 5.92 Å². The Kier molecular flexibility index (Phi) is 6.38. The second-order valence-electron chi connectivity index (χ2n) is 7.42. The Morgan fingerprint density at radius 2 is 1.74 bits per heavy atom. The molecule has 2 unspecified atom stereocenters. The number of unbranched alkanes of at least 4 members (excludes halogenated alkanes) is 1. The summed E-state index contributed by atoms with van der Waals surface area (Å²) in [7, 11) is 0. The lowest BCUT2D eigenvalue weighted by molar-refractivity contribution is -0.145. The topological polar surface area (TPSA) is 37.4 Å². The first-order chi connectivity index (χ1) is 13.0. The number of carbonyl (C=O) groups excluding carboxylic acids is 2. The van der Waals surface area contributed by atoms with Crippen molar-refractivity contribution in [2.45, 2.75) is 51.5 Å². The summed E-state index contributed by atoms with van der Waals surface area (Å²) in [4.78, 5) is 26.7. The molecule has 0 spiro atoms. The third kappa shape index (κ3) is 5.03. The van der Waals surface area contributed by atoms with Crippen LogP contribution in [-0.4, -0.2) is 22.8 Å². The van der Waals surface area contributed by atoms with Crippen LogP contribution < -0.4 is 0 Å². The fourth-order valence-electron chi connectivity index (χ4n) is 3.80. The highest BCUT2D eigenvalue weighted by Crippen LogP contribution is 2.28. The third-order valence-corrected chi connectivity index (χ3v) is 5.25. The van der Waals surface area contributed by atoms with Gasteiger partial charge in [-0.15, -0.1) is 0 Å². The summed E-state index contributed by atoms with van der Waals surface area (Å²) in [5, 5.41) is 0. The first-order valence-electron chi connectivity index (χ1n) is 9.69. The van der Waals surface area contributed by atoms with E-state index < -0.39 is 0 Å². The lowest BCUT2D eigenvalue weighted by Crippen LogP contribution is -2.40. The van der Waals surface area contributed by atoms with Crippen molar-refractivity contribution in [3.63, 3.8) is 0 Å². The van der Waals surface area contributed by atoms with Crippen molar-refractivity contribution >= 4 is 11.8 Å². The van der Waals surface area contributed by atoms with Crippen LogP contribution in [0.4, 0.5) is 4.39 Å². The molecule has 2 aromatic rings. The first-order valence-corrected chi connectivity index (χ1v) is 9.69. The maximum absolute atomic E-state index is 12.9. The maximum Gasteiger partial charge on any atom is 0.232 e. The molecule has 3 rings (SSSR count). The van der Waals surface area contributed by atoms with E-state index >= 15 is 0 Å². The minimum atomic E-state index is -0.236. The Labute approximate surface area is 160 Å². The molecule has 1 heterocycles. The standard InChI is InChI=1S/C23H26FNO2/c1-17-15-21(16-19-8-3-2-4-9-19)25(23(17)27)22(26)10-6-5-7-18-11-13-20(24)14-12-18/h2-4,8-9,11-14,17,21H,5-7,10,15-16H2,1H3. The molecular formula is C23H26FNO2. The van der Waals surface area contributed by atoms with Crippen LogP contribution in [0.5, 0.6) is 0 Å². The molecule has 142 valence electrons. The Morgan fingerprint density at radius 3 is 2.44 bits per heavy atom. The zero-order chi connectivity index (χ0) is 19.2. The summed E-state index contributed by atoms with van der Waals surface area (Å²) in [6.45, 7) is 1.90. The highest BCUT2D eigenvalue weighted by Gasteiger charge is 2.40. The number of hydrogen-bond acceptors (Lipinski definition) is 2. The fraction of sp³-hybridized carbons (Fsp3) is 0.391. The molecule has 3 nitrogen and oxygen atoms in total. The molecule has 2 atom stereocenters. The number of hydrogen-bond donors (Lipinski definition) is 0. The van der Waals surface area contributed by atoms with Crippen molar-refractivity contribution in [1.29, 1.82) is 0 Å². The average Bonchev–Trinajstić information content (AvgIpc) is 2.94. The van der Waals surface area contributed by atoms with Gasteiger partial charge in [-0.25, -0.2) is 4.39 Å². The van der Waals surface area contributed by atoms with Gasteiger partial charge in [-0.3, -0.25) is 14.5 Å². The van der Waals surface area contributed by atoms with E-state index in [-0.39, 0.29) is 29.6 Å². The summed E-state index contributed by atoms with van der Waals surface area (Å²) < 4.78 is 12.9. The summed E-state index contributed by atoms with van der Waals surface area (Å²) in [6.07, 6.45) is 4.22. The Morgan fingerprint density at radius 1 is 1.04 bits per heavy atom. The predicted octanol–water partition coefficient (Wildman–Crippen LogP) is 4.54. The molecule has 1 aliphatic heterocycles. The molecule has 2 aromatic carbocycles. The SMILES string of the molecule is CC1CC(Cc2ccccc2)N(C(=O)CCCCc2ccc(F)cc2)C1=O. The number of carbonyl (C=O) groups is 2. The van der Waals surface area contributed by atoms with E-state index in [1.165, 1.54) is 17.0 Å². The highest BCUT2D eigenvalue weighted by atomic mass is 19.1. The molecule has 1 fully saturated rings. The molecular weight excluding hydrogens is 341 g/mol. The molecule has 4 heteroatoms. The Hall–Kier alpha value is -2.49. The van der Waals surface area contributed by atoms with Gasteiger partial charge in [0.25, 0.3) is 0 Å². The van der Waals surface area contributed by atoms with Gasteiger partial charge in [-0.1, -0.05) is 49.4 Å². The second-order valence-corrected chi connectivity index (χ2v) is 7.42. The van der Waals surface area contributed by atoms with Crippen LogP contribution >= 0.6 is 0 Å². The average molecular weight is 367 g/mol. The molecule has 0 saturated carbocycles. The van der Waals surface area contributed by atoms with E-state index in [1.54, 1.807) is 12.1 Å². The number of halogens is 1. The van der Waals surface area contributed by atoms with Crippen LogP contribution in [0.3, 0.4) is 0 Å². The number of likely N-dealkylation sites (tertiary alicyclic amines) is 1. The molecule has 2 amide bonds. The smallest absolute Gasteiger partial charge is 0.232 e. The molecule has 0 aliphatic carbocycles. The van der Waals surface area contributed by atoms with Gasteiger partial charge in [-0.2, -0.15) is 0 Å². The van der Waals surface area contributed by atoms with Gasteiger partial charge in [0, 0.05) is 18.4 Å². The highest BCUT2D eigenvalue weighted by molar-refractivity contribution is 5.98. The van der Waals surface area contributed by atoms with Crippen molar-refractivity contribution in [3.8, 4) is 0 Å². The van der Waals surface area contributed by atoms with Crippen LogP contribution in [-0.2, 0) is 22.4 Å². The first kappa shape index (κ1) is 19.3. The number of nitrogens with zero attached hydrogens (tertiary/aromatic N) is 1. The Balaban J connectivity index is 1.53. The van der Waals surface area contributed by atoms with Gasteiger partial charge in [0.05, 0.1) is 0 Å². The minimum Gasteiger partial charge on any atom is -0.279 e. The van der Waals surface area contributed by atoms with Crippen LogP contribution in [0, 0.1) is 11.7 Å². The molecule has 0 radical (unpaired) electrons. The molecule has 1 saturated heterocycles. The van der Waals surface area contributed by atoms with Gasteiger partial charge in [-0.05, 0) is 55.4 Å². The van der Waals surface area contributed by atoms with Crippen molar-refractivity contribution in [1.82, 2.24) is 4.90 Å². The number of benzene rings is 2. The molecule has 27 heavy (non-hydrogen) atoms. The van der Waals surface area contributed by atoms with E-state index in [4.69, 9.17) is 0 Å². The van der Waals surface area contributed by atoms with Gasteiger partial charge in [0.2, 0.25) is 11.8 Å². The van der Waals surface area contributed by atoms with Crippen molar-refractivity contribution < 1.29 is 14.0 Å². The lowest BCUT2D eigenvalue weighted by Gasteiger charge is -2.23. The van der Waals surface area contributed by atoms with Crippen LogP contribution in [0.15, 0.2) is 54.6 Å². The van der Waals surface area contributed by atoms with Gasteiger partial charge < -0.3 is 0 Å². The van der Waals surface area contributed by atoms with Gasteiger partial charge in [0.15, 0.2) is 0 Å². The minimum absolute atomic E-state index is 0.0421. The number of aryl methyl sites for hydroxylation is 1. The van der Waals surface area contributed by atoms with Gasteiger partial charge in [0.1, 0.15) is 5.82 Å². The van der Waals surface area contributed by atoms with E-state index in [2.05, 4.69) is 0 Å². The fourth-order valence-corrected chi connectivity index (χ4v) is 3.80. The van der Waals surface area contributed by atoms with E-state index in [0.29, 0.717) is 6.42 Å². The normalized spacial score (nSPS) is 19.5. The van der Waals surface area contributed by atoms with Crippen molar-refractivity contribution in [2.75, 3.05) is 0 Å². The number of imide groups is 1. The summed E-state index contributed by atoms with van der Waals surface area (Å²) in [6, 6.07) is 16.4. The number of rotatable bonds is 7. The van der Waals surface area contributed by atoms with Crippen LogP contribution in [0.25, 0.3) is 0 Å². The zero-order valence-electron chi connectivity index (χ0n) is 15.7. The van der Waals surface area contributed by atoms with Crippen LogP contribution in [0.2, 0.25) is 0 Å². The lowest BCUT2D eigenvalue weighted by atomic mass is 10.0. The maximum atomic E-state index is 12.9. The summed E-state index contributed by atoms with van der Waals surface area (Å²) in [5.41, 5.74) is 2.22. The third-order valence-electron chi connectivity index (χ3n) is 5.25. The quantitative estimate of drug-likeness (QED) is 0.674. The molecule has 0 bridgehead atoms. The number of amides is 2. The predicted molar refractivity (Wildman–Crippen MR) is 104 cm³/mol. The van der Waals surface area contributed by atoms with E-state index in [0.717, 1.165) is 43.2 Å². The summed E-state index contributed by atoms with van der Waals surface area (Å²) >= 11 is 0. The molecule has 0 N–H and O–H groups in total. The molecule has 0 aromatic heterocycles. The summed E-state index contributed by atoms with van der Waals surface area (Å²) in [5.74, 6) is -0.439.